The van der Waals surface area contributed by atoms with Crippen LogP contribution in [0.1, 0.15) is 106 Å². The molecule has 0 radical (unpaired) electrons. The fourth-order valence-electron chi connectivity index (χ4n) is 8.74. The predicted molar refractivity (Wildman–Crippen MR) is 191 cm³/mol. The third-order valence-electron chi connectivity index (χ3n) is 11.4. The number of aliphatic hydroxyl groups excluding tert-OH is 3. The number of rotatable bonds is 10. The van der Waals surface area contributed by atoms with Crippen LogP contribution in [0.25, 0.3) is 0 Å². The van der Waals surface area contributed by atoms with Gasteiger partial charge in [-0.15, -0.1) is 0 Å². The van der Waals surface area contributed by atoms with Crippen molar-refractivity contribution in [2.45, 2.75) is 113 Å². The van der Waals surface area contributed by atoms with Crippen molar-refractivity contribution >= 4 is 5.82 Å². The maximum Gasteiger partial charge on any atom is 0.161 e. The Hall–Kier alpha value is -3.77. The number of phenols is 1. The molecule has 3 aliphatic carbocycles. The van der Waals surface area contributed by atoms with Gasteiger partial charge in [0.05, 0.1) is 18.8 Å². The highest BCUT2D eigenvalue weighted by Gasteiger charge is 2.43. The number of allylic oxidation sites excluding steroid dienone is 2. The summed E-state index contributed by atoms with van der Waals surface area (Å²) in [5.41, 5.74) is 8.89. The molecule has 2 aromatic heterocycles. The predicted octanol–water partition coefficient (Wildman–Crippen LogP) is 6.35. The lowest BCUT2D eigenvalue weighted by atomic mass is 9.66. The maximum atomic E-state index is 11.5. The number of ether oxygens (including phenoxy) is 1. The van der Waals surface area contributed by atoms with Gasteiger partial charge in [0.15, 0.2) is 11.5 Å². The first-order valence-electron chi connectivity index (χ1n) is 18.3. The number of nitrogens with two attached hydrogens (primary N) is 1. The van der Waals surface area contributed by atoms with E-state index >= 15 is 0 Å². The number of hydrogen-bond donors (Lipinski definition) is 5. The molecular weight excluding hydrogens is 614 g/mol. The Morgan fingerprint density at radius 1 is 1.02 bits per heavy atom. The van der Waals surface area contributed by atoms with Gasteiger partial charge in [-0.2, -0.15) is 11.9 Å². The summed E-state index contributed by atoms with van der Waals surface area (Å²) in [6.45, 7) is 1.92. The van der Waals surface area contributed by atoms with Gasteiger partial charge in [-0.1, -0.05) is 74.8 Å². The molecule has 262 valence electrons. The standard InChI is InChI=1S/C41H52N3O5/c1-2-27-8-3-4-9-35(47)40-28(12-11-27)13-14-29(22-36(40)48)30-15-16-34(46)37(23-30)49-32(26-45)25-33(31-17-21-44-39(42)24-31)41(18-5-6-19-41)38-10-7-20-43-38/h7,10,13-17,20-21,23-24,27-29,32-33,35-36,40,45-48H,2-6,8-9,18-19,22,25-26H2,1H3,(H2,42,44)/q-1/t27-,28+,29+,32-,33+,35-,36+,40+/m0/s1. The lowest BCUT2D eigenvalue weighted by molar-refractivity contribution is -0.00706. The highest BCUT2D eigenvalue weighted by Crippen LogP contribution is 2.52. The molecule has 0 bridgehead atoms. The van der Waals surface area contributed by atoms with E-state index in [0.717, 1.165) is 68.2 Å². The fourth-order valence-corrected chi connectivity index (χ4v) is 8.74. The number of aliphatic hydroxyl groups is 3. The molecule has 6 rings (SSSR count). The zero-order valence-electron chi connectivity index (χ0n) is 28.6. The minimum Gasteiger partial charge on any atom is -0.667 e. The van der Waals surface area contributed by atoms with Crippen molar-refractivity contribution < 1.29 is 25.2 Å². The van der Waals surface area contributed by atoms with Gasteiger partial charge < -0.3 is 35.9 Å². The van der Waals surface area contributed by atoms with Crippen molar-refractivity contribution in [3.63, 3.8) is 0 Å². The summed E-state index contributed by atoms with van der Waals surface area (Å²) in [6, 6.07) is 13.3. The molecule has 6 N–H and O–H groups in total. The van der Waals surface area contributed by atoms with Crippen LogP contribution in [-0.2, 0) is 5.41 Å². The molecule has 0 saturated heterocycles. The van der Waals surface area contributed by atoms with Gasteiger partial charge in [0.2, 0.25) is 0 Å². The lowest BCUT2D eigenvalue weighted by Crippen LogP contribution is -2.37. The van der Waals surface area contributed by atoms with E-state index in [9.17, 15) is 20.4 Å². The highest BCUT2D eigenvalue weighted by molar-refractivity contribution is 5.45. The average Bonchev–Trinajstić information content (AvgIpc) is 3.80. The van der Waals surface area contributed by atoms with Gasteiger partial charge in [-0.3, -0.25) is 0 Å². The van der Waals surface area contributed by atoms with Crippen LogP contribution in [0.15, 0.2) is 67.0 Å². The van der Waals surface area contributed by atoms with Crippen LogP contribution in [0.5, 0.6) is 11.5 Å². The van der Waals surface area contributed by atoms with Crippen molar-refractivity contribution in [3.8, 4) is 23.3 Å². The van der Waals surface area contributed by atoms with E-state index in [-0.39, 0.29) is 47.2 Å². The average molecular weight is 667 g/mol. The smallest absolute Gasteiger partial charge is 0.161 e. The highest BCUT2D eigenvalue weighted by atomic mass is 16.5. The number of fused-ring (bicyclic) bond motifs is 1. The SMILES string of the molecule is CC[C@@H]1C#C[C@@H]2C=C[C@@H](c3ccc(O)c(O[C@H](CO)C[C@H](c4ccnc(N)c4)C4(c5ccc[n-]5)CCCC4)c3)C[C@@H](O)[C@H]2[C@@H](O)CCCC1. The first-order valence-corrected chi connectivity index (χ1v) is 18.3. The van der Waals surface area contributed by atoms with Crippen LogP contribution in [0.2, 0.25) is 0 Å². The van der Waals surface area contributed by atoms with Gasteiger partial charge in [-0.05, 0) is 91.7 Å². The Bertz CT molecular complexity index is 1600. The van der Waals surface area contributed by atoms with E-state index in [2.05, 4.69) is 42.0 Å². The van der Waals surface area contributed by atoms with E-state index in [1.54, 1.807) is 12.3 Å². The fraction of sp³-hybridized carbons (Fsp3) is 0.537. The zero-order valence-corrected chi connectivity index (χ0v) is 28.6. The second kappa shape index (κ2) is 15.8. The molecule has 1 aromatic carbocycles. The van der Waals surface area contributed by atoms with E-state index in [0.29, 0.717) is 31.0 Å². The number of nitrogens with zero attached hydrogens (tertiary/aromatic N) is 2. The molecular formula is C41H52N3O5-. The summed E-state index contributed by atoms with van der Waals surface area (Å²) in [4.78, 5) is 9.00. The lowest BCUT2D eigenvalue weighted by Gasteiger charge is -2.43. The van der Waals surface area contributed by atoms with Crippen LogP contribution in [0, 0.1) is 29.6 Å². The van der Waals surface area contributed by atoms with Crippen LogP contribution >= 0.6 is 0 Å². The first-order chi connectivity index (χ1) is 23.8. The molecule has 8 atom stereocenters. The number of aromatic nitrogens is 2. The number of aromatic hydroxyl groups is 1. The van der Waals surface area contributed by atoms with Crippen LogP contribution in [0.3, 0.4) is 0 Å². The third kappa shape index (κ3) is 7.85. The van der Waals surface area contributed by atoms with Crippen LogP contribution in [0.4, 0.5) is 5.82 Å². The quantitative estimate of drug-likeness (QED) is 0.124. The number of pyridine rings is 1. The number of nitrogen functional groups attached to an aromatic ring is 1. The van der Waals surface area contributed by atoms with Gasteiger partial charge >= 0.3 is 0 Å². The van der Waals surface area contributed by atoms with Gasteiger partial charge in [-0.25, -0.2) is 4.98 Å². The molecule has 1 fully saturated rings. The van der Waals surface area contributed by atoms with E-state index < -0.39 is 18.3 Å². The Morgan fingerprint density at radius 2 is 1.84 bits per heavy atom. The molecule has 49 heavy (non-hydrogen) atoms. The molecule has 0 unspecified atom stereocenters. The summed E-state index contributed by atoms with van der Waals surface area (Å²) in [5.74, 6) is 7.09. The molecule has 3 aromatic rings. The Morgan fingerprint density at radius 3 is 2.57 bits per heavy atom. The Kier molecular flexibility index (Phi) is 11.3. The molecule has 0 aliphatic heterocycles. The number of benzene rings is 1. The summed E-state index contributed by atoms with van der Waals surface area (Å²) >= 11 is 0. The summed E-state index contributed by atoms with van der Waals surface area (Å²) in [5, 5.41) is 44.4. The number of anilines is 1. The molecule has 2 heterocycles. The van der Waals surface area contributed by atoms with Crippen LogP contribution < -0.4 is 15.5 Å². The van der Waals surface area contributed by atoms with E-state index in [4.69, 9.17) is 15.5 Å². The molecule has 8 heteroatoms. The van der Waals surface area contributed by atoms with Crippen molar-refractivity contribution in [2.75, 3.05) is 12.3 Å². The molecule has 1 saturated carbocycles. The zero-order chi connectivity index (χ0) is 34.4. The summed E-state index contributed by atoms with van der Waals surface area (Å²) in [7, 11) is 0. The van der Waals surface area contributed by atoms with Gasteiger partial charge in [0, 0.05) is 29.9 Å². The maximum absolute atomic E-state index is 11.5. The minimum absolute atomic E-state index is 0.0145. The second-order valence-corrected chi connectivity index (χ2v) is 14.5. The molecule has 8 nitrogen and oxygen atoms in total. The van der Waals surface area contributed by atoms with Gasteiger partial charge in [0.1, 0.15) is 11.9 Å². The Balaban J connectivity index is 1.27. The molecule has 3 aliphatic rings. The van der Waals surface area contributed by atoms with Gasteiger partial charge in [0.25, 0.3) is 0 Å². The van der Waals surface area contributed by atoms with Crippen molar-refractivity contribution in [3.05, 3.63) is 83.8 Å². The van der Waals surface area contributed by atoms with E-state index in [1.807, 2.05) is 36.5 Å². The van der Waals surface area contributed by atoms with E-state index in [1.165, 1.54) is 0 Å². The molecule has 0 amide bonds. The monoisotopic (exact) mass is 666 g/mol. The number of phenolic OH excluding ortho intramolecular Hbond substituents is 1. The van der Waals surface area contributed by atoms with Crippen molar-refractivity contribution in [1.82, 2.24) is 9.97 Å². The first kappa shape index (κ1) is 35.1. The summed E-state index contributed by atoms with van der Waals surface area (Å²) < 4.78 is 6.47. The summed E-state index contributed by atoms with van der Waals surface area (Å²) in [6.07, 6.45) is 15.4. The largest absolute Gasteiger partial charge is 0.667 e. The van der Waals surface area contributed by atoms with Crippen molar-refractivity contribution in [1.29, 1.82) is 0 Å². The normalized spacial score (nSPS) is 28.0. The van der Waals surface area contributed by atoms with Crippen LogP contribution in [-0.4, -0.2) is 50.3 Å². The third-order valence-corrected chi connectivity index (χ3v) is 11.4. The Labute approximate surface area is 290 Å². The number of hydrogen-bond acceptors (Lipinski definition) is 7. The second-order valence-electron chi connectivity index (χ2n) is 14.5. The minimum atomic E-state index is -0.752. The topological polar surface area (TPSA) is 143 Å². The van der Waals surface area contributed by atoms with Crippen molar-refractivity contribution in [2.24, 2.45) is 17.8 Å². The molecule has 0 spiro atoms.